The minimum absolute atomic E-state index is 0.519. The Bertz CT molecular complexity index is 255. The lowest BCUT2D eigenvalue weighted by atomic mass is 9.86. The molecule has 2 atom stereocenters. The van der Waals surface area contributed by atoms with Crippen molar-refractivity contribution in [3.05, 3.63) is 0 Å². The molecule has 3 fully saturated rings. The van der Waals surface area contributed by atoms with Crippen LogP contribution in [0.3, 0.4) is 0 Å². The smallest absolute Gasteiger partial charge is 0.0536 e. The summed E-state index contributed by atoms with van der Waals surface area (Å²) < 4.78 is 5.59. The number of likely N-dealkylation sites (tertiary alicyclic amines) is 1. The van der Waals surface area contributed by atoms with Crippen LogP contribution in [0.5, 0.6) is 0 Å². The summed E-state index contributed by atoms with van der Waals surface area (Å²) in [6.07, 6.45) is 3.99. The molecule has 0 aromatic heterocycles. The van der Waals surface area contributed by atoms with E-state index in [9.17, 15) is 0 Å². The lowest BCUT2D eigenvalue weighted by molar-refractivity contribution is 0.143. The van der Waals surface area contributed by atoms with Crippen LogP contribution in [-0.2, 0) is 4.74 Å². The maximum absolute atomic E-state index is 5.59. The zero-order valence-electron chi connectivity index (χ0n) is 10.4. The molecule has 0 saturated carbocycles. The minimum atomic E-state index is 0.519. The van der Waals surface area contributed by atoms with E-state index in [-0.39, 0.29) is 0 Å². The van der Waals surface area contributed by atoms with E-state index in [0.29, 0.717) is 10.8 Å². The molecule has 3 rings (SSSR count). The lowest BCUT2D eigenvalue weighted by Crippen LogP contribution is -2.37. The molecule has 3 heterocycles. The van der Waals surface area contributed by atoms with Crippen molar-refractivity contribution in [3.8, 4) is 0 Å². The number of nitrogens with one attached hydrogen (secondary N) is 1. The van der Waals surface area contributed by atoms with Gasteiger partial charge in [0.1, 0.15) is 0 Å². The molecular formula is C13H24N2O. The van der Waals surface area contributed by atoms with Crippen molar-refractivity contribution in [1.29, 1.82) is 0 Å². The highest BCUT2D eigenvalue weighted by atomic mass is 16.5. The molecule has 0 radical (unpaired) electrons. The zero-order chi connectivity index (χ0) is 11.1. The van der Waals surface area contributed by atoms with E-state index in [0.717, 1.165) is 13.2 Å². The molecular weight excluding hydrogens is 200 g/mol. The normalized spacial score (nSPS) is 44.8. The summed E-state index contributed by atoms with van der Waals surface area (Å²) in [6, 6.07) is 0. The van der Waals surface area contributed by atoms with Crippen molar-refractivity contribution >= 4 is 0 Å². The molecule has 16 heavy (non-hydrogen) atoms. The third-order valence-electron chi connectivity index (χ3n) is 4.76. The number of ether oxygens (including phenoxy) is 1. The van der Waals surface area contributed by atoms with E-state index in [4.69, 9.17) is 4.74 Å². The maximum atomic E-state index is 5.59. The summed E-state index contributed by atoms with van der Waals surface area (Å²) >= 11 is 0. The minimum Gasteiger partial charge on any atom is -0.381 e. The van der Waals surface area contributed by atoms with E-state index in [1.165, 1.54) is 52.0 Å². The summed E-state index contributed by atoms with van der Waals surface area (Å²) in [5, 5.41) is 3.50. The fraction of sp³-hybridized carbons (Fsp3) is 1.00. The SMILES string of the molecule is CC1(CN2CCC3(CCOC3)C2)CCNC1. The first-order valence-corrected chi connectivity index (χ1v) is 6.71. The van der Waals surface area contributed by atoms with Crippen LogP contribution in [0.2, 0.25) is 0 Å². The molecule has 0 aromatic carbocycles. The Morgan fingerprint density at radius 1 is 1.31 bits per heavy atom. The van der Waals surface area contributed by atoms with Gasteiger partial charge in [-0.2, -0.15) is 0 Å². The van der Waals surface area contributed by atoms with Crippen LogP contribution in [0.4, 0.5) is 0 Å². The van der Waals surface area contributed by atoms with Crippen LogP contribution in [0.15, 0.2) is 0 Å². The van der Waals surface area contributed by atoms with Gasteiger partial charge in [0.25, 0.3) is 0 Å². The number of nitrogens with zero attached hydrogens (tertiary/aromatic N) is 1. The second-order valence-electron chi connectivity index (χ2n) is 6.50. The molecule has 0 bridgehead atoms. The molecule has 3 saturated heterocycles. The van der Waals surface area contributed by atoms with Crippen LogP contribution in [-0.4, -0.2) is 50.8 Å². The van der Waals surface area contributed by atoms with E-state index in [2.05, 4.69) is 17.1 Å². The molecule has 3 aliphatic heterocycles. The van der Waals surface area contributed by atoms with Gasteiger partial charge in [-0.15, -0.1) is 0 Å². The lowest BCUT2D eigenvalue weighted by Gasteiger charge is -2.30. The van der Waals surface area contributed by atoms with Gasteiger partial charge >= 0.3 is 0 Å². The van der Waals surface area contributed by atoms with Crippen molar-refractivity contribution in [2.24, 2.45) is 10.8 Å². The monoisotopic (exact) mass is 224 g/mol. The summed E-state index contributed by atoms with van der Waals surface area (Å²) in [6.45, 7) is 10.7. The van der Waals surface area contributed by atoms with Crippen molar-refractivity contribution in [3.63, 3.8) is 0 Å². The number of rotatable bonds is 2. The second kappa shape index (κ2) is 3.97. The van der Waals surface area contributed by atoms with Crippen LogP contribution >= 0.6 is 0 Å². The van der Waals surface area contributed by atoms with Crippen molar-refractivity contribution in [1.82, 2.24) is 10.2 Å². The average Bonchev–Trinajstić information content (AvgIpc) is 2.93. The molecule has 1 spiro atoms. The Kier molecular flexibility index (Phi) is 2.73. The van der Waals surface area contributed by atoms with Crippen LogP contribution in [0.25, 0.3) is 0 Å². The summed E-state index contributed by atoms with van der Waals surface area (Å²) in [5.74, 6) is 0. The Balaban J connectivity index is 1.57. The summed E-state index contributed by atoms with van der Waals surface area (Å²) in [7, 11) is 0. The molecule has 3 nitrogen and oxygen atoms in total. The first kappa shape index (κ1) is 11.0. The Morgan fingerprint density at radius 2 is 2.25 bits per heavy atom. The zero-order valence-corrected chi connectivity index (χ0v) is 10.4. The molecule has 0 aliphatic carbocycles. The van der Waals surface area contributed by atoms with Gasteiger partial charge in [-0.05, 0) is 37.8 Å². The Hall–Kier alpha value is -0.120. The van der Waals surface area contributed by atoms with Gasteiger partial charge in [-0.1, -0.05) is 6.92 Å². The highest BCUT2D eigenvalue weighted by Gasteiger charge is 2.43. The molecule has 92 valence electrons. The fourth-order valence-corrected chi connectivity index (χ4v) is 3.68. The fourth-order valence-electron chi connectivity index (χ4n) is 3.68. The van der Waals surface area contributed by atoms with Gasteiger partial charge < -0.3 is 15.0 Å². The first-order valence-electron chi connectivity index (χ1n) is 6.71. The molecule has 3 heteroatoms. The largest absolute Gasteiger partial charge is 0.381 e. The van der Waals surface area contributed by atoms with Gasteiger partial charge in [0.15, 0.2) is 0 Å². The average molecular weight is 224 g/mol. The molecule has 1 N–H and O–H groups in total. The van der Waals surface area contributed by atoms with Crippen molar-refractivity contribution in [2.45, 2.75) is 26.2 Å². The third kappa shape index (κ3) is 2.01. The number of hydrogen-bond acceptors (Lipinski definition) is 3. The molecule has 3 aliphatic rings. The summed E-state index contributed by atoms with van der Waals surface area (Å²) in [4.78, 5) is 2.68. The van der Waals surface area contributed by atoms with Gasteiger partial charge in [-0.3, -0.25) is 0 Å². The van der Waals surface area contributed by atoms with Gasteiger partial charge in [0, 0.05) is 31.7 Å². The molecule has 0 aromatic rings. The second-order valence-corrected chi connectivity index (χ2v) is 6.50. The predicted molar refractivity (Wildman–Crippen MR) is 64.5 cm³/mol. The van der Waals surface area contributed by atoms with Gasteiger partial charge in [-0.25, -0.2) is 0 Å². The topological polar surface area (TPSA) is 24.5 Å². The van der Waals surface area contributed by atoms with Gasteiger partial charge in [0.05, 0.1) is 6.61 Å². The number of hydrogen-bond donors (Lipinski definition) is 1. The predicted octanol–water partition coefficient (Wildman–Crippen LogP) is 1.10. The van der Waals surface area contributed by atoms with Crippen molar-refractivity contribution < 1.29 is 4.74 Å². The van der Waals surface area contributed by atoms with E-state index >= 15 is 0 Å². The molecule has 2 unspecified atom stereocenters. The summed E-state index contributed by atoms with van der Waals surface area (Å²) in [5.41, 5.74) is 1.05. The van der Waals surface area contributed by atoms with E-state index in [1.54, 1.807) is 0 Å². The van der Waals surface area contributed by atoms with E-state index < -0.39 is 0 Å². The van der Waals surface area contributed by atoms with Crippen LogP contribution in [0.1, 0.15) is 26.2 Å². The highest BCUT2D eigenvalue weighted by molar-refractivity contribution is 4.95. The van der Waals surface area contributed by atoms with Crippen LogP contribution in [0, 0.1) is 10.8 Å². The van der Waals surface area contributed by atoms with E-state index in [1.807, 2.05) is 0 Å². The Morgan fingerprint density at radius 3 is 2.94 bits per heavy atom. The maximum Gasteiger partial charge on any atom is 0.0536 e. The Labute approximate surface area is 98.5 Å². The van der Waals surface area contributed by atoms with Crippen LogP contribution < -0.4 is 5.32 Å². The third-order valence-corrected chi connectivity index (χ3v) is 4.76. The standard InChI is InChI=1S/C13H24N2O/c1-12(2-5-14-8-12)9-15-6-3-13(10-15)4-7-16-11-13/h14H,2-11H2,1H3. The van der Waals surface area contributed by atoms with Crippen molar-refractivity contribution in [2.75, 3.05) is 45.9 Å². The first-order chi connectivity index (χ1) is 7.70. The molecule has 0 amide bonds. The quantitative estimate of drug-likeness (QED) is 0.760. The van der Waals surface area contributed by atoms with Gasteiger partial charge in [0.2, 0.25) is 0 Å². The highest BCUT2D eigenvalue weighted by Crippen LogP contribution is 2.39.